The Hall–Kier alpha value is -0.580. The second kappa shape index (κ2) is 5.12. The number of ether oxygens (including phenoxy) is 1. The van der Waals surface area contributed by atoms with E-state index in [9.17, 15) is 9.59 Å². The third kappa shape index (κ3) is 5.84. The van der Waals surface area contributed by atoms with E-state index in [1.54, 1.807) is 0 Å². The van der Waals surface area contributed by atoms with E-state index in [1.807, 2.05) is 0 Å². The summed E-state index contributed by atoms with van der Waals surface area (Å²) in [5.74, 6) is -1.44. The number of halogens is 1. The van der Waals surface area contributed by atoms with Crippen LogP contribution >= 0.6 is 15.9 Å². The van der Waals surface area contributed by atoms with E-state index in [0.717, 1.165) is 0 Å². The summed E-state index contributed by atoms with van der Waals surface area (Å²) in [6.07, 6.45) is -0.727. The lowest BCUT2D eigenvalue weighted by Crippen LogP contribution is -2.21. The first-order valence-electron chi connectivity index (χ1n) is 3.01. The molecular weight excluding hydrogens is 216 g/mol. The molecule has 0 heterocycles. The number of rotatable bonds is 4. The Morgan fingerprint density at radius 1 is 1.64 bits per heavy atom. The summed E-state index contributed by atoms with van der Waals surface area (Å²) in [5.41, 5.74) is 0. The summed E-state index contributed by atoms with van der Waals surface area (Å²) in [4.78, 5) is 20.5. The summed E-state index contributed by atoms with van der Waals surface area (Å²) < 4.78 is 4.64. The van der Waals surface area contributed by atoms with Crippen LogP contribution in [0.25, 0.3) is 0 Å². The lowest BCUT2D eigenvalue weighted by atomic mass is 10.3. The molecule has 0 amide bonds. The van der Waals surface area contributed by atoms with Gasteiger partial charge in [0, 0.05) is 12.3 Å². The molecule has 1 atom stereocenters. The highest BCUT2D eigenvalue weighted by atomic mass is 79.9. The van der Waals surface area contributed by atoms with E-state index in [4.69, 9.17) is 5.11 Å². The first kappa shape index (κ1) is 10.4. The van der Waals surface area contributed by atoms with Crippen molar-refractivity contribution in [2.24, 2.45) is 0 Å². The molecule has 0 radical (unpaired) electrons. The first-order valence-corrected chi connectivity index (χ1v) is 4.13. The number of carbonyl (C=O) groups is 2. The number of esters is 1. The SMILES string of the molecule is CC(=O)O[C@H](CBr)CC(=O)O. The maximum absolute atomic E-state index is 10.4. The van der Waals surface area contributed by atoms with Crippen LogP contribution in [0.2, 0.25) is 0 Å². The molecule has 4 nitrogen and oxygen atoms in total. The van der Waals surface area contributed by atoms with Gasteiger partial charge in [-0.3, -0.25) is 9.59 Å². The van der Waals surface area contributed by atoms with Crippen LogP contribution in [0.15, 0.2) is 0 Å². The number of hydrogen-bond acceptors (Lipinski definition) is 3. The number of carbonyl (C=O) groups excluding carboxylic acids is 1. The van der Waals surface area contributed by atoms with Gasteiger partial charge in [-0.25, -0.2) is 0 Å². The van der Waals surface area contributed by atoms with Crippen molar-refractivity contribution in [1.82, 2.24) is 0 Å². The maximum Gasteiger partial charge on any atom is 0.307 e. The van der Waals surface area contributed by atoms with Crippen LogP contribution < -0.4 is 0 Å². The Balaban J connectivity index is 3.76. The van der Waals surface area contributed by atoms with Crippen molar-refractivity contribution >= 4 is 27.9 Å². The topological polar surface area (TPSA) is 63.6 Å². The average Bonchev–Trinajstić information content (AvgIpc) is 1.84. The molecule has 0 aromatic heterocycles. The van der Waals surface area contributed by atoms with Crippen molar-refractivity contribution in [3.8, 4) is 0 Å². The summed E-state index contributed by atoms with van der Waals surface area (Å²) in [5, 5.41) is 8.66. The highest BCUT2D eigenvalue weighted by Gasteiger charge is 2.13. The van der Waals surface area contributed by atoms with Gasteiger partial charge in [-0.1, -0.05) is 15.9 Å². The molecule has 0 fully saturated rings. The number of hydrogen-bond donors (Lipinski definition) is 1. The minimum absolute atomic E-state index is 0.162. The lowest BCUT2D eigenvalue weighted by molar-refractivity contribution is -0.149. The quantitative estimate of drug-likeness (QED) is 0.567. The van der Waals surface area contributed by atoms with E-state index in [0.29, 0.717) is 5.33 Å². The average molecular weight is 225 g/mol. The van der Waals surface area contributed by atoms with Crippen molar-refractivity contribution in [1.29, 1.82) is 0 Å². The predicted molar refractivity (Wildman–Crippen MR) is 41.6 cm³/mol. The molecule has 1 N–H and O–H groups in total. The van der Waals surface area contributed by atoms with Gasteiger partial charge in [-0.15, -0.1) is 0 Å². The minimum Gasteiger partial charge on any atom is -0.481 e. The van der Waals surface area contributed by atoms with Crippen molar-refractivity contribution in [3.05, 3.63) is 0 Å². The molecule has 0 aliphatic rings. The molecule has 0 spiro atoms. The van der Waals surface area contributed by atoms with Crippen molar-refractivity contribution in [2.75, 3.05) is 5.33 Å². The summed E-state index contributed by atoms with van der Waals surface area (Å²) >= 11 is 3.03. The van der Waals surface area contributed by atoms with Crippen LogP contribution in [-0.4, -0.2) is 28.5 Å². The van der Waals surface area contributed by atoms with Gasteiger partial charge in [0.05, 0.1) is 6.42 Å². The lowest BCUT2D eigenvalue weighted by Gasteiger charge is -2.10. The van der Waals surface area contributed by atoms with Gasteiger partial charge in [-0.2, -0.15) is 0 Å². The number of carboxylic acid groups (broad SMARTS) is 1. The molecular formula is C6H9BrO4. The number of aliphatic carboxylic acids is 1. The van der Waals surface area contributed by atoms with Crippen LogP contribution in [0.3, 0.4) is 0 Å². The molecule has 0 saturated carbocycles. The van der Waals surface area contributed by atoms with Gasteiger partial charge in [0.15, 0.2) is 0 Å². The third-order valence-electron chi connectivity index (χ3n) is 0.907. The second-order valence-corrected chi connectivity index (χ2v) is 2.63. The predicted octanol–water partition coefficient (Wildman–Crippen LogP) is 0.788. The van der Waals surface area contributed by atoms with E-state index in [-0.39, 0.29) is 6.42 Å². The fourth-order valence-electron chi connectivity index (χ4n) is 0.557. The third-order valence-corrected chi connectivity index (χ3v) is 1.63. The largest absolute Gasteiger partial charge is 0.481 e. The Labute approximate surface area is 72.7 Å². The van der Waals surface area contributed by atoms with Crippen molar-refractivity contribution in [3.63, 3.8) is 0 Å². The molecule has 64 valence electrons. The van der Waals surface area contributed by atoms with Crippen molar-refractivity contribution < 1.29 is 19.4 Å². The van der Waals surface area contributed by atoms with Gasteiger partial charge in [0.25, 0.3) is 0 Å². The van der Waals surface area contributed by atoms with Gasteiger partial charge >= 0.3 is 11.9 Å². The van der Waals surface area contributed by atoms with Gasteiger partial charge in [0.1, 0.15) is 6.10 Å². The molecule has 0 saturated heterocycles. The number of alkyl halides is 1. The highest BCUT2D eigenvalue weighted by Crippen LogP contribution is 2.02. The fraction of sp³-hybridized carbons (Fsp3) is 0.667. The van der Waals surface area contributed by atoms with Crippen LogP contribution in [0.4, 0.5) is 0 Å². The Morgan fingerprint density at radius 3 is 2.45 bits per heavy atom. The van der Waals surface area contributed by atoms with E-state index in [2.05, 4.69) is 20.7 Å². The van der Waals surface area contributed by atoms with E-state index in [1.165, 1.54) is 6.92 Å². The Kier molecular flexibility index (Phi) is 4.85. The summed E-state index contributed by atoms with van der Waals surface area (Å²) in [6.45, 7) is 1.25. The number of carboxylic acids is 1. The van der Waals surface area contributed by atoms with E-state index < -0.39 is 18.0 Å². The maximum atomic E-state index is 10.4. The van der Waals surface area contributed by atoms with E-state index >= 15 is 0 Å². The molecule has 0 aromatic rings. The molecule has 0 aliphatic heterocycles. The molecule has 5 heteroatoms. The Bertz CT molecular complexity index is 141. The van der Waals surface area contributed by atoms with Crippen LogP contribution in [-0.2, 0) is 14.3 Å². The molecule has 0 bridgehead atoms. The molecule has 0 aromatic carbocycles. The zero-order valence-electron chi connectivity index (χ0n) is 6.04. The normalized spacial score (nSPS) is 12.2. The molecule has 0 rings (SSSR count). The zero-order chi connectivity index (χ0) is 8.85. The van der Waals surface area contributed by atoms with Gasteiger partial charge in [0.2, 0.25) is 0 Å². The minimum atomic E-state index is -0.976. The van der Waals surface area contributed by atoms with Gasteiger partial charge < -0.3 is 9.84 Å². The molecule has 11 heavy (non-hydrogen) atoms. The van der Waals surface area contributed by atoms with Gasteiger partial charge in [-0.05, 0) is 0 Å². The van der Waals surface area contributed by atoms with Crippen LogP contribution in [0.1, 0.15) is 13.3 Å². The monoisotopic (exact) mass is 224 g/mol. The first-order chi connectivity index (χ1) is 5.06. The summed E-state index contributed by atoms with van der Waals surface area (Å²) in [7, 11) is 0. The fourth-order valence-corrected chi connectivity index (χ4v) is 0.918. The smallest absolute Gasteiger partial charge is 0.307 e. The molecule has 0 unspecified atom stereocenters. The zero-order valence-corrected chi connectivity index (χ0v) is 7.63. The molecule has 0 aliphatic carbocycles. The van der Waals surface area contributed by atoms with Crippen LogP contribution in [0, 0.1) is 0 Å². The van der Waals surface area contributed by atoms with Crippen molar-refractivity contribution in [2.45, 2.75) is 19.4 Å². The Morgan fingerprint density at radius 2 is 2.18 bits per heavy atom. The standard InChI is InChI=1S/C6H9BrO4/c1-4(8)11-5(3-7)2-6(9)10/h5H,2-3H2,1H3,(H,9,10)/t5-/m0/s1. The summed E-state index contributed by atoms with van der Waals surface area (Å²) in [6, 6.07) is 0. The second-order valence-electron chi connectivity index (χ2n) is 1.98. The van der Waals surface area contributed by atoms with Crippen LogP contribution in [0.5, 0.6) is 0 Å². The highest BCUT2D eigenvalue weighted by molar-refractivity contribution is 9.09.